The summed E-state index contributed by atoms with van der Waals surface area (Å²) in [6.45, 7) is 2.64. The normalized spacial score (nSPS) is 19.8. The fourth-order valence-corrected chi connectivity index (χ4v) is 4.35. The second kappa shape index (κ2) is 15.6. The maximum absolute atomic E-state index is 12.3. The highest BCUT2D eigenvalue weighted by Gasteiger charge is 2.42. The predicted octanol–water partition coefficient (Wildman–Crippen LogP) is 0.377. The molecule has 0 aromatic carbocycles. The van der Waals surface area contributed by atoms with Gasteiger partial charge in [0.05, 0.1) is 6.61 Å². The van der Waals surface area contributed by atoms with Crippen molar-refractivity contribution in [3.63, 3.8) is 0 Å². The second-order valence-corrected chi connectivity index (χ2v) is 9.30. The van der Waals surface area contributed by atoms with Crippen molar-refractivity contribution in [3.8, 4) is 0 Å². The lowest BCUT2D eigenvalue weighted by molar-refractivity contribution is -0.121. The average Bonchev–Trinajstić information content (AvgIpc) is 3.22. The van der Waals surface area contributed by atoms with Crippen molar-refractivity contribution in [2.24, 2.45) is 0 Å². The Bertz CT molecular complexity index is 996. The summed E-state index contributed by atoms with van der Waals surface area (Å²) in [5.41, 5.74) is -1.15. The van der Waals surface area contributed by atoms with E-state index in [1.165, 1.54) is 6.20 Å². The highest BCUT2D eigenvalue weighted by molar-refractivity contribution is 7.32. The van der Waals surface area contributed by atoms with Crippen molar-refractivity contribution in [1.82, 2.24) is 20.2 Å². The largest absolute Gasteiger partial charge is 0.695 e. The van der Waals surface area contributed by atoms with Crippen LogP contribution >= 0.6 is 8.25 Å². The Morgan fingerprint density at radius 2 is 1.81 bits per heavy atom. The van der Waals surface area contributed by atoms with Crippen molar-refractivity contribution in [2.75, 3.05) is 19.7 Å². The first-order valence-corrected chi connectivity index (χ1v) is 13.3. The van der Waals surface area contributed by atoms with Crippen LogP contribution in [0, 0.1) is 0 Å². The number of aromatic nitrogens is 2. The molecule has 2 amide bonds. The van der Waals surface area contributed by atoms with E-state index in [2.05, 4.69) is 15.6 Å². The number of H-pyrrole nitrogens is 1. The lowest BCUT2D eigenvalue weighted by Crippen LogP contribution is -2.35. The molecule has 202 valence electrons. The number of carbonyl (C=O) groups is 2. The summed E-state index contributed by atoms with van der Waals surface area (Å²) in [7, 11) is -2.92. The third kappa shape index (κ3) is 9.90. The molecule has 2 unspecified atom stereocenters. The Kier molecular flexibility index (Phi) is 12.9. The Morgan fingerprint density at radius 1 is 1.17 bits per heavy atom. The topological polar surface area (TPSA) is 189 Å². The van der Waals surface area contributed by atoms with Gasteiger partial charge in [-0.3, -0.25) is 23.9 Å². The van der Waals surface area contributed by atoms with E-state index in [4.69, 9.17) is 14.2 Å². The van der Waals surface area contributed by atoms with Crippen LogP contribution in [0.4, 0.5) is 0 Å². The van der Waals surface area contributed by atoms with Crippen LogP contribution in [-0.2, 0) is 29.8 Å². The molecule has 0 aliphatic carbocycles. The van der Waals surface area contributed by atoms with Gasteiger partial charge in [0, 0.05) is 48.7 Å². The van der Waals surface area contributed by atoms with Gasteiger partial charge in [0.2, 0.25) is 11.8 Å². The molecule has 0 saturated carbocycles. The molecule has 1 aromatic rings. The molecule has 0 radical (unpaired) electrons. The Hall–Kier alpha value is -2.44. The fourth-order valence-electron chi connectivity index (χ4n) is 3.89. The van der Waals surface area contributed by atoms with Gasteiger partial charge in [-0.1, -0.05) is 19.8 Å². The Balaban J connectivity index is 1.77. The summed E-state index contributed by atoms with van der Waals surface area (Å²) in [6, 6.07) is 0. The van der Waals surface area contributed by atoms with E-state index in [9.17, 15) is 28.8 Å². The van der Waals surface area contributed by atoms with Crippen LogP contribution in [0.3, 0.4) is 0 Å². The molecular formula is C22H36N4O9P+. The van der Waals surface area contributed by atoms with E-state index in [1.807, 2.05) is 6.92 Å². The minimum atomic E-state index is -2.92. The minimum absolute atomic E-state index is 0.0177. The Morgan fingerprint density at radius 3 is 2.39 bits per heavy atom. The van der Waals surface area contributed by atoms with E-state index < -0.39 is 44.5 Å². The molecule has 36 heavy (non-hydrogen) atoms. The number of carbonyl (C=O) groups excluding carboxylic acids is 2. The summed E-state index contributed by atoms with van der Waals surface area (Å²) in [5, 5.41) is 15.1. The van der Waals surface area contributed by atoms with Gasteiger partial charge in [-0.05, 0) is 25.7 Å². The maximum atomic E-state index is 12.3. The van der Waals surface area contributed by atoms with Gasteiger partial charge in [0.1, 0.15) is 18.4 Å². The van der Waals surface area contributed by atoms with E-state index in [-0.39, 0.29) is 36.6 Å². The number of hydrogen-bond acceptors (Lipinski definition) is 8. The number of nitrogens with one attached hydrogen (secondary N) is 3. The van der Waals surface area contributed by atoms with Crippen molar-refractivity contribution in [2.45, 2.75) is 83.1 Å². The molecule has 1 saturated heterocycles. The monoisotopic (exact) mass is 531 g/mol. The van der Waals surface area contributed by atoms with Crippen LogP contribution in [0.5, 0.6) is 0 Å². The molecule has 1 fully saturated rings. The zero-order valence-electron chi connectivity index (χ0n) is 20.4. The molecule has 1 aromatic heterocycles. The third-order valence-corrected chi connectivity index (χ3v) is 6.24. The smallest absolute Gasteiger partial charge is 0.394 e. The summed E-state index contributed by atoms with van der Waals surface area (Å²) in [4.78, 5) is 59.2. The molecule has 0 bridgehead atoms. The third-order valence-electron chi connectivity index (χ3n) is 5.78. The quantitative estimate of drug-likeness (QED) is 0.148. The molecule has 5 N–H and O–H groups in total. The predicted molar refractivity (Wildman–Crippen MR) is 129 cm³/mol. The van der Waals surface area contributed by atoms with Crippen molar-refractivity contribution in [1.29, 1.82) is 0 Å². The van der Waals surface area contributed by atoms with Gasteiger partial charge < -0.3 is 20.5 Å². The van der Waals surface area contributed by atoms with Crippen molar-refractivity contribution >= 4 is 20.1 Å². The van der Waals surface area contributed by atoms with Gasteiger partial charge >= 0.3 is 13.9 Å². The van der Waals surface area contributed by atoms with E-state index >= 15 is 0 Å². The number of amides is 2. The van der Waals surface area contributed by atoms with Gasteiger partial charge in [-0.15, -0.1) is 9.42 Å². The molecule has 0 spiro atoms. The standard InChI is InChI=1S/C22H35N4O9P/c1-2-7-18(28)23-10-5-3-4-6-11-24-19(29)9-8-15-13-26(22(31)25-21(15)30)20-12-16(35-36(32)33)17(14-27)34-20/h13,16-17,20,27H,2-12,14H2,1H3,(H3-,23,24,25,28,29,30,31,32,33)/p+1/t16?,17-,20-/m1/s1. The van der Waals surface area contributed by atoms with E-state index in [0.29, 0.717) is 19.5 Å². The van der Waals surface area contributed by atoms with Gasteiger partial charge in [0.15, 0.2) is 0 Å². The first-order chi connectivity index (χ1) is 17.2. The van der Waals surface area contributed by atoms with Crippen LogP contribution in [0.15, 0.2) is 15.8 Å². The fraction of sp³-hybridized carbons (Fsp3) is 0.727. The number of aromatic amines is 1. The molecule has 2 rings (SSSR count). The number of aliphatic hydroxyl groups is 1. The van der Waals surface area contributed by atoms with Crippen molar-refractivity contribution < 1.29 is 33.4 Å². The van der Waals surface area contributed by atoms with Crippen molar-refractivity contribution in [3.05, 3.63) is 32.6 Å². The van der Waals surface area contributed by atoms with Gasteiger partial charge in [0.25, 0.3) is 5.56 Å². The number of aryl methyl sites for hydroxylation is 1. The molecule has 14 heteroatoms. The number of unbranched alkanes of at least 4 members (excludes halogenated alkanes) is 3. The summed E-state index contributed by atoms with van der Waals surface area (Å²) < 4.78 is 22.5. The molecular weight excluding hydrogens is 495 g/mol. The van der Waals surface area contributed by atoms with Crippen LogP contribution in [0.1, 0.15) is 70.1 Å². The number of rotatable bonds is 16. The van der Waals surface area contributed by atoms with E-state index in [0.717, 1.165) is 36.7 Å². The van der Waals surface area contributed by atoms with Crippen LogP contribution in [0.25, 0.3) is 0 Å². The lowest BCUT2D eigenvalue weighted by Gasteiger charge is -2.15. The number of hydrogen-bond donors (Lipinski definition) is 5. The van der Waals surface area contributed by atoms with Crippen LogP contribution in [-0.4, -0.2) is 63.3 Å². The van der Waals surface area contributed by atoms with Gasteiger partial charge in [-0.2, -0.15) is 0 Å². The molecule has 2 heterocycles. The average molecular weight is 532 g/mol. The molecule has 1 aliphatic heterocycles. The number of ether oxygens (including phenoxy) is 1. The van der Waals surface area contributed by atoms with E-state index in [1.54, 1.807) is 0 Å². The SMILES string of the molecule is CCCC(=O)NCCCCCCNC(=O)CCc1cn([C@H]2CC(O[P+](=O)O)[C@@H](CO)O2)c(=O)[nH]c1=O. The van der Waals surface area contributed by atoms with Crippen LogP contribution < -0.4 is 21.9 Å². The molecule has 1 aliphatic rings. The zero-order chi connectivity index (χ0) is 26.5. The minimum Gasteiger partial charge on any atom is -0.394 e. The van der Waals surface area contributed by atoms with Crippen LogP contribution in [0.2, 0.25) is 0 Å². The summed E-state index contributed by atoms with van der Waals surface area (Å²) in [5.74, 6) is -0.154. The summed E-state index contributed by atoms with van der Waals surface area (Å²) in [6.07, 6.45) is 3.65. The lowest BCUT2D eigenvalue weighted by atomic mass is 10.1. The zero-order valence-corrected chi connectivity index (χ0v) is 21.3. The summed E-state index contributed by atoms with van der Waals surface area (Å²) >= 11 is 0. The van der Waals surface area contributed by atoms with Gasteiger partial charge in [-0.25, -0.2) is 4.79 Å². The number of aliphatic hydroxyl groups excluding tert-OH is 1. The molecule has 13 nitrogen and oxygen atoms in total. The highest BCUT2D eigenvalue weighted by Crippen LogP contribution is 2.34. The number of nitrogens with zero attached hydrogens (tertiary/aromatic N) is 1. The molecule has 4 atom stereocenters. The maximum Gasteiger partial charge on any atom is 0.695 e. The second-order valence-electron chi connectivity index (χ2n) is 8.61. The first kappa shape index (κ1) is 29.8. The highest BCUT2D eigenvalue weighted by atomic mass is 31.1. The first-order valence-electron chi connectivity index (χ1n) is 12.2. The Labute approximate surface area is 209 Å².